The van der Waals surface area contributed by atoms with Gasteiger partial charge in [0.05, 0.1) is 6.61 Å². The van der Waals surface area contributed by atoms with Crippen LogP contribution in [-0.4, -0.2) is 39.7 Å². The van der Waals surface area contributed by atoms with E-state index in [0.29, 0.717) is 5.56 Å². The van der Waals surface area contributed by atoms with Crippen molar-refractivity contribution < 1.29 is 19.8 Å². The van der Waals surface area contributed by atoms with E-state index in [-0.39, 0.29) is 0 Å². The molecule has 1 aromatic heterocycles. The van der Waals surface area contributed by atoms with E-state index in [4.69, 9.17) is 10.2 Å². The normalized spacial score (nSPS) is 12.3. The molecule has 0 aliphatic heterocycles. The maximum atomic E-state index is 11.8. The molecular formula is C12H12N2O4. The summed E-state index contributed by atoms with van der Waals surface area (Å²) in [5.74, 6) is -1.81. The van der Waals surface area contributed by atoms with E-state index in [0.717, 1.165) is 10.9 Å². The lowest BCUT2D eigenvalue weighted by Crippen LogP contribution is -2.43. The van der Waals surface area contributed by atoms with Gasteiger partial charge in [0.25, 0.3) is 5.91 Å². The second-order valence-electron chi connectivity index (χ2n) is 3.83. The number of aliphatic hydroxyl groups is 1. The molecule has 0 saturated carbocycles. The van der Waals surface area contributed by atoms with Crippen LogP contribution in [0.4, 0.5) is 0 Å². The van der Waals surface area contributed by atoms with Crippen molar-refractivity contribution in [2.75, 3.05) is 6.61 Å². The maximum Gasteiger partial charge on any atom is 0.328 e. The van der Waals surface area contributed by atoms with E-state index in [1.54, 1.807) is 24.4 Å². The maximum absolute atomic E-state index is 11.8. The number of aromatic nitrogens is 1. The van der Waals surface area contributed by atoms with Crippen molar-refractivity contribution in [1.82, 2.24) is 10.3 Å². The Balaban J connectivity index is 2.19. The third kappa shape index (κ3) is 2.33. The van der Waals surface area contributed by atoms with Crippen molar-refractivity contribution >= 4 is 22.8 Å². The van der Waals surface area contributed by atoms with Gasteiger partial charge in [-0.05, 0) is 23.6 Å². The Morgan fingerprint density at radius 3 is 2.78 bits per heavy atom. The SMILES string of the molecule is O=C(N[C@H](CO)C(=O)O)c1ccc2cc[nH]c2c1. The minimum Gasteiger partial charge on any atom is -0.480 e. The molecule has 1 amide bonds. The summed E-state index contributed by atoms with van der Waals surface area (Å²) in [6.45, 7) is -0.647. The van der Waals surface area contributed by atoms with Gasteiger partial charge in [-0.3, -0.25) is 4.79 Å². The topological polar surface area (TPSA) is 102 Å². The standard InChI is InChI=1S/C12H12N2O4/c15-6-10(12(17)18)14-11(16)8-2-1-7-3-4-13-9(7)5-8/h1-5,10,13,15H,6H2,(H,14,16)(H,17,18)/t10-/m1/s1. The molecule has 1 atom stereocenters. The van der Waals surface area contributed by atoms with Crippen molar-refractivity contribution in [3.8, 4) is 0 Å². The van der Waals surface area contributed by atoms with Crippen LogP contribution in [0.1, 0.15) is 10.4 Å². The minimum absolute atomic E-state index is 0.338. The third-order valence-corrected chi connectivity index (χ3v) is 2.60. The number of benzene rings is 1. The summed E-state index contributed by atoms with van der Waals surface area (Å²) >= 11 is 0. The average Bonchev–Trinajstić information content (AvgIpc) is 2.82. The molecule has 0 spiro atoms. The number of aliphatic carboxylic acids is 1. The minimum atomic E-state index is -1.29. The zero-order valence-corrected chi connectivity index (χ0v) is 9.38. The van der Waals surface area contributed by atoms with E-state index in [1.165, 1.54) is 0 Å². The molecule has 0 bridgehead atoms. The fourth-order valence-electron chi connectivity index (χ4n) is 1.62. The number of aliphatic hydroxyl groups excluding tert-OH is 1. The first-order valence-corrected chi connectivity index (χ1v) is 5.33. The van der Waals surface area contributed by atoms with Crippen LogP contribution in [0.5, 0.6) is 0 Å². The van der Waals surface area contributed by atoms with Gasteiger partial charge in [0.1, 0.15) is 0 Å². The van der Waals surface area contributed by atoms with Gasteiger partial charge < -0.3 is 20.5 Å². The molecule has 6 nitrogen and oxygen atoms in total. The highest BCUT2D eigenvalue weighted by Crippen LogP contribution is 2.14. The first-order valence-electron chi connectivity index (χ1n) is 5.33. The number of hydrogen-bond donors (Lipinski definition) is 4. The molecule has 0 radical (unpaired) electrons. The molecule has 4 N–H and O–H groups in total. The summed E-state index contributed by atoms with van der Waals surface area (Å²) in [6, 6.07) is 5.56. The zero-order valence-electron chi connectivity index (χ0n) is 9.38. The fraction of sp³-hybridized carbons (Fsp3) is 0.167. The Hall–Kier alpha value is -2.34. The van der Waals surface area contributed by atoms with E-state index in [2.05, 4.69) is 10.3 Å². The molecule has 2 rings (SSSR count). The highest BCUT2D eigenvalue weighted by atomic mass is 16.4. The predicted octanol–water partition coefficient (Wildman–Crippen LogP) is 0.343. The number of carbonyl (C=O) groups is 2. The second kappa shape index (κ2) is 4.89. The van der Waals surface area contributed by atoms with Crippen molar-refractivity contribution in [2.45, 2.75) is 6.04 Å². The number of amides is 1. The van der Waals surface area contributed by atoms with E-state index >= 15 is 0 Å². The van der Waals surface area contributed by atoms with E-state index in [1.807, 2.05) is 6.07 Å². The van der Waals surface area contributed by atoms with Gasteiger partial charge in [-0.25, -0.2) is 4.79 Å². The average molecular weight is 248 g/mol. The molecule has 2 aromatic rings. The van der Waals surface area contributed by atoms with Crippen LogP contribution in [0.2, 0.25) is 0 Å². The molecule has 0 unspecified atom stereocenters. The molecular weight excluding hydrogens is 236 g/mol. The van der Waals surface area contributed by atoms with Crippen LogP contribution in [-0.2, 0) is 4.79 Å². The molecule has 0 saturated heterocycles. The first-order chi connectivity index (χ1) is 8.61. The van der Waals surface area contributed by atoms with Crippen molar-refractivity contribution in [2.24, 2.45) is 0 Å². The van der Waals surface area contributed by atoms with Gasteiger partial charge in [0.15, 0.2) is 6.04 Å². The van der Waals surface area contributed by atoms with Gasteiger partial charge in [-0.2, -0.15) is 0 Å². The lowest BCUT2D eigenvalue weighted by molar-refractivity contribution is -0.140. The van der Waals surface area contributed by atoms with Crippen LogP contribution < -0.4 is 5.32 Å². The number of rotatable bonds is 4. The quantitative estimate of drug-likeness (QED) is 0.626. The Kier molecular flexibility index (Phi) is 3.29. The fourth-order valence-corrected chi connectivity index (χ4v) is 1.62. The Morgan fingerprint density at radius 2 is 2.11 bits per heavy atom. The Bertz CT molecular complexity index is 591. The van der Waals surface area contributed by atoms with Gasteiger partial charge in [0.2, 0.25) is 0 Å². The van der Waals surface area contributed by atoms with Gasteiger partial charge in [-0.1, -0.05) is 6.07 Å². The number of carboxylic acid groups (broad SMARTS) is 1. The van der Waals surface area contributed by atoms with Crippen LogP contribution in [0, 0.1) is 0 Å². The Morgan fingerprint density at radius 1 is 1.33 bits per heavy atom. The lowest BCUT2D eigenvalue weighted by Gasteiger charge is -2.11. The summed E-state index contributed by atoms with van der Waals surface area (Å²) in [6.07, 6.45) is 1.75. The van der Waals surface area contributed by atoms with Gasteiger partial charge >= 0.3 is 5.97 Å². The summed E-state index contributed by atoms with van der Waals surface area (Å²) < 4.78 is 0. The number of carboxylic acids is 1. The van der Waals surface area contributed by atoms with Gasteiger partial charge in [0, 0.05) is 17.3 Å². The third-order valence-electron chi connectivity index (χ3n) is 2.60. The van der Waals surface area contributed by atoms with E-state index < -0.39 is 24.5 Å². The second-order valence-corrected chi connectivity index (χ2v) is 3.83. The molecule has 94 valence electrons. The van der Waals surface area contributed by atoms with Crippen molar-refractivity contribution in [1.29, 1.82) is 0 Å². The predicted molar refractivity (Wildman–Crippen MR) is 64.3 cm³/mol. The largest absolute Gasteiger partial charge is 0.480 e. The van der Waals surface area contributed by atoms with Crippen LogP contribution >= 0.6 is 0 Å². The van der Waals surface area contributed by atoms with Crippen LogP contribution in [0.3, 0.4) is 0 Å². The number of aromatic amines is 1. The number of hydrogen-bond acceptors (Lipinski definition) is 3. The molecule has 0 fully saturated rings. The highest BCUT2D eigenvalue weighted by molar-refractivity contribution is 5.99. The summed E-state index contributed by atoms with van der Waals surface area (Å²) in [5.41, 5.74) is 1.13. The molecule has 18 heavy (non-hydrogen) atoms. The molecule has 6 heteroatoms. The molecule has 1 aromatic carbocycles. The molecule has 1 heterocycles. The number of fused-ring (bicyclic) bond motifs is 1. The lowest BCUT2D eigenvalue weighted by atomic mass is 10.1. The monoisotopic (exact) mass is 248 g/mol. The zero-order chi connectivity index (χ0) is 13.1. The smallest absolute Gasteiger partial charge is 0.328 e. The summed E-state index contributed by atoms with van der Waals surface area (Å²) in [4.78, 5) is 25.4. The van der Waals surface area contributed by atoms with Crippen LogP contribution in [0.15, 0.2) is 30.5 Å². The van der Waals surface area contributed by atoms with Crippen molar-refractivity contribution in [3.63, 3.8) is 0 Å². The number of carbonyl (C=O) groups excluding carboxylic acids is 1. The summed E-state index contributed by atoms with van der Waals surface area (Å²) in [5, 5.41) is 20.8. The van der Waals surface area contributed by atoms with Gasteiger partial charge in [-0.15, -0.1) is 0 Å². The number of nitrogens with one attached hydrogen (secondary N) is 2. The van der Waals surface area contributed by atoms with Crippen molar-refractivity contribution in [3.05, 3.63) is 36.0 Å². The van der Waals surface area contributed by atoms with E-state index in [9.17, 15) is 9.59 Å². The molecule has 0 aliphatic carbocycles. The van der Waals surface area contributed by atoms with Crippen LogP contribution in [0.25, 0.3) is 10.9 Å². The molecule has 0 aliphatic rings. The number of H-pyrrole nitrogens is 1. The summed E-state index contributed by atoms with van der Waals surface area (Å²) in [7, 11) is 0. The Labute approximate surface area is 102 Å². The highest BCUT2D eigenvalue weighted by Gasteiger charge is 2.19. The first kappa shape index (κ1) is 12.1.